The molecule has 72 valence electrons. The second-order valence-electron chi connectivity index (χ2n) is 3.66. The minimum absolute atomic E-state index is 0.00818. The number of fused-ring (bicyclic) bond motifs is 1. The third-order valence-electron chi connectivity index (χ3n) is 2.81. The van der Waals surface area contributed by atoms with Crippen molar-refractivity contribution in [1.82, 2.24) is 10.6 Å². The first-order valence-corrected chi connectivity index (χ1v) is 4.42. The lowest BCUT2D eigenvalue weighted by molar-refractivity contribution is -0.143. The first-order valence-electron chi connectivity index (χ1n) is 4.42. The van der Waals surface area contributed by atoms with Crippen LogP contribution in [0.5, 0.6) is 0 Å². The van der Waals surface area contributed by atoms with Gasteiger partial charge in [-0.1, -0.05) is 0 Å². The number of nitrogens with one attached hydrogen (secondary N) is 2. The summed E-state index contributed by atoms with van der Waals surface area (Å²) >= 11 is 0. The molecule has 5 nitrogen and oxygen atoms in total. The van der Waals surface area contributed by atoms with Gasteiger partial charge >= 0.3 is 5.97 Å². The average Bonchev–Trinajstić information content (AvgIpc) is 2.47. The molecule has 2 saturated heterocycles. The molecule has 0 unspecified atom stereocenters. The number of hydrogen-bond acceptors (Lipinski definition) is 3. The number of rotatable bonds is 1. The normalized spacial score (nSPS) is 38.2. The smallest absolute Gasteiger partial charge is 0.307 e. The summed E-state index contributed by atoms with van der Waals surface area (Å²) in [5.41, 5.74) is 0. The van der Waals surface area contributed by atoms with Gasteiger partial charge in [0.15, 0.2) is 0 Å². The maximum absolute atomic E-state index is 11.2. The monoisotopic (exact) mass is 184 g/mol. The van der Waals surface area contributed by atoms with Crippen LogP contribution in [0.3, 0.4) is 0 Å². The van der Waals surface area contributed by atoms with E-state index in [0.717, 1.165) is 0 Å². The van der Waals surface area contributed by atoms with Crippen LogP contribution in [0.2, 0.25) is 0 Å². The molecule has 13 heavy (non-hydrogen) atoms. The van der Waals surface area contributed by atoms with Crippen molar-refractivity contribution < 1.29 is 14.7 Å². The molecule has 1 amide bonds. The van der Waals surface area contributed by atoms with Crippen LogP contribution in [0, 0.1) is 11.8 Å². The Balaban J connectivity index is 2.03. The third-order valence-corrected chi connectivity index (χ3v) is 2.81. The van der Waals surface area contributed by atoms with Gasteiger partial charge in [-0.25, -0.2) is 0 Å². The van der Waals surface area contributed by atoms with Crippen molar-refractivity contribution in [3.63, 3.8) is 0 Å². The predicted molar refractivity (Wildman–Crippen MR) is 44.0 cm³/mol. The van der Waals surface area contributed by atoms with Crippen LogP contribution in [-0.2, 0) is 9.59 Å². The van der Waals surface area contributed by atoms with Gasteiger partial charge in [0.1, 0.15) is 0 Å². The zero-order chi connectivity index (χ0) is 9.42. The molecule has 3 N–H and O–H groups in total. The predicted octanol–water partition coefficient (Wildman–Crippen LogP) is -1.20. The summed E-state index contributed by atoms with van der Waals surface area (Å²) in [6.45, 7) is 1.02. The number of carbonyl (C=O) groups is 2. The number of piperidine rings is 1. The Morgan fingerprint density at radius 2 is 2.23 bits per heavy atom. The number of amides is 1. The zero-order valence-corrected chi connectivity index (χ0v) is 7.12. The van der Waals surface area contributed by atoms with Crippen molar-refractivity contribution in [3.8, 4) is 0 Å². The van der Waals surface area contributed by atoms with Gasteiger partial charge in [0.2, 0.25) is 5.91 Å². The summed E-state index contributed by atoms with van der Waals surface area (Å²) < 4.78 is 0. The lowest BCUT2D eigenvalue weighted by atomic mass is 9.86. The van der Waals surface area contributed by atoms with Gasteiger partial charge < -0.3 is 15.7 Å². The summed E-state index contributed by atoms with van der Waals surface area (Å²) in [5, 5.41) is 14.5. The van der Waals surface area contributed by atoms with E-state index in [1.54, 1.807) is 0 Å². The van der Waals surface area contributed by atoms with Gasteiger partial charge in [0.05, 0.1) is 12.0 Å². The topological polar surface area (TPSA) is 78.4 Å². The highest BCUT2D eigenvalue weighted by Gasteiger charge is 2.41. The Morgan fingerprint density at radius 1 is 1.46 bits per heavy atom. The highest BCUT2D eigenvalue weighted by atomic mass is 16.4. The number of carboxylic acids is 1. The van der Waals surface area contributed by atoms with Gasteiger partial charge in [0, 0.05) is 19.0 Å². The van der Waals surface area contributed by atoms with Crippen molar-refractivity contribution in [2.75, 3.05) is 13.1 Å². The van der Waals surface area contributed by atoms with E-state index in [2.05, 4.69) is 10.6 Å². The molecule has 3 atom stereocenters. The van der Waals surface area contributed by atoms with E-state index < -0.39 is 5.97 Å². The molecule has 0 aromatic carbocycles. The minimum Gasteiger partial charge on any atom is -0.481 e. The first-order chi connectivity index (χ1) is 6.18. The number of aliphatic carboxylic acids is 1. The summed E-state index contributed by atoms with van der Waals surface area (Å²) in [4.78, 5) is 21.8. The Labute approximate surface area is 75.5 Å². The fraction of sp³-hybridized carbons (Fsp3) is 0.750. The molecule has 0 aromatic heterocycles. The highest BCUT2D eigenvalue weighted by molar-refractivity contribution is 5.85. The molecule has 0 bridgehead atoms. The summed E-state index contributed by atoms with van der Waals surface area (Å²) in [7, 11) is 0. The standard InChI is InChI=1S/C8H12N2O3/c11-7-6-4(2-10-7)1-5(3-9-6)8(12)13/h4-6,9H,1-3H2,(H,10,11)(H,12,13)/t4-,5-,6-/m0/s1. The fourth-order valence-electron chi connectivity index (χ4n) is 2.06. The molecule has 5 heteroatoms. The average molecular weight is 184 g/mol. The van der Waals surface area contributed by atoms with Gasteiger partial charge in [-0.3, -0.25) is 9.59 Å². The van der Waals surface area contributed by atoms with Crippen LogP contribution in [0.25, 0.3) is 0 Å². The van der Waals surface area contributed by atoms with Gasteiger partial charge in [-0.15, -0.1) is 0 Å². The van der Waals surface area contributed by atoms with Gasteiger partial charge in [-0.2, -0.15) is 0 Å². The molecule has 2 fully saturated rings. The maximum Gasteiger partial charge on any atom is 0.307 e. The number of hydrogen-bond donors (Lipinski definition) is 3. The summed E-state index contributed by atoms with van der Waals surface area (Å²) in [5.74, 6) is -0.949. The van der Waals surface area contributed by atoms with Crippen LogP contribution in [-0.4, -0.2) is 36.1 Å². The van der Waals surface area contributed by atoms with Crippen molar-refractivity contribution in [2.24, 2.45) is 11.8 Å². The van der Waals surface area contributed by atoms with Crippen LogP contribution >= 0.6 is 0 Å². The van der Waals surface area contributed by atoms with E-state index in [1.807, 2.05) is 0 Å². The molecular formula is C8H12N2O3. The van der Waals surface area contributed by atoms with E-state index in [-0.39, 0.29) is 23.8 Å². The van der Waals surface area contributed by atoms with E-state index in [4.69, 9.17) is 5.11 Å². The molecule has 0 saturated carbocycles. The molecule has 2 aliphatic heterocycles. The van der Waals surface area contributed by atoms with Gasteiger partial charge in [-0.05, 0) is 6.42 Å². The van der Waals surface area contributed by atoms with E-state index in [0.29, 0.717) is 19.5 Å². The highest BCUT2D eigenvalue weighted by Crippen LogP contribution is 2.24. The summed E-state index contributed by atoms with van der Waals surface area (Å²) in [6.07, 6.45) is 0.603. The molecule has 0 aliphatic carbocycles. The van der Waals surface area contributed by atoms with Crippen LogP contribution in [0.4, 0.5) is 0 Å². The van der Waals surface area contributed by atoms with E-state index in [1.165, 1.54) is 0 Å². The second-order valence-corrected chi connectivity index (χ2v) is 3.66. The molecular weight excluding hydrogens is 172 g/mol. The molecule has 0 radical (unpaired) electrons. The van der Waals surface area contributed by atoms with Crippen LogP contribution in [0.1, 0.15) is 6.42 Å². The third kappa shape index (κ3) is 1.39. The first kappa shape index (κ1) is 8.50. The Bertz CT molecular complexity index is 254. The molecule has 2 heterocycles. The Kier molecular flexibility index (Phi) is 1.95. The van der Waals surface area contributed by atoms with Crippen molar-refractivity contribution in [2.45, 2.75) is 12.5 Å². The van der Waals surface area contributed by atoms with Crippen LogP contribution < -0.4 is 10.6 Å². The van der Waals surface area contributed by atoms with E-state index >= 15 is 0 Å². The molecule has 0 spiro atoms. The number of carboxylic acid groups (broad SMARTS) is 1. The largest absolute Gasteiger partial charge is 0.481 e. The second kappa shape index (κ2) is 2.99. The summed E-state index contributed by atoms with van der Waals surface area (Å²) in [6, 6.07) is -0.157. The Hall–Kier alpha value is -1.10. The molecule has 0 aromatic rings. The SMILES string of the molecule is O=C(O)[C@@H]1CN[C@@H]2C(=O)NC[C@@H]2C1. The lowest BCUT2D eigenvalue weighted by Crippen LogP contribution is -2.48. The van der Waals surface area contributed by atoms with Crippen molar-refractivity contribution in [3.05, 3.63) is 0 Å². The lowest BCUT2D eigenvalue weighted by Gasteiger charge is -2.28. The maximum atomic E-state index is 11.2. The quantitative estimate of drug-likeness (QED) is 0.478. The zero-order valence-electron chi connectivity index (χ0n) is 7.12. The molecule has 2 aliphatic rings. The number of carbonyl (C=O) groups excluding carboxylic acids is 1. The van der Waals surface area contributed by atoms with Gasteiger partial charge in [0.25, 0.3) is 0 Å². The van der Waals surface area contributed by atoms with E-state index in [9.17, 15) is 9.59 Å². The fourth-order valence-corrected chi connectivity index (χ4v) is 2.06. The van der Waals surface area contributed by atoms with Crippen molar-refractivity contribution in [1.29, 1.82) is 0 Å². The Morgan fingerprint density at radius 3 is 2.92 bits per heavy atom. The molecule has 2 rings (SSSR count). The van der Waals surface area contributed by atoms with Crippen LogP contribution in [0.15, 0.2) is 0 Å². The van der Waals surface area contributed by atoms with Crippen molar-refractivity contribution >= 4 is 11.9 Å². The minimum atomic E-state index is -0.773.